The SMILES string of the molecule is O=C(NCCn1cnc(C2CC2)cc1=O)c1cccc(Br)c1. The normalized spacial score (nSPS) is 13.9. The van der Waals surface area contributed by atoms with E-state index in [1.54, 1.807) is 24.5 Å². The van der Waals surface area contributed by atoms with E-state index in [0.717, 1.165) is 23.0 Å². The van der Waals surface area contributed by atoms with Crippen LogP contribution in [0.4, 0.5) is 0 Å². The molecule has 0 saturated heterocycles. The first-order valence-electron chi connectivity index (χ1n) is 7.23. The third kappa shape index (κ3) is 3.62. The highest BCUT2D eigenvalue weighted by molar-refractivity contribution is 9.10. The van der Waals surface area contributed by atoms with Crippen molar-refractivity contribution in [2.75, 3.05) is 6.54 Å². The molecule has 0 atom stereocenters. The number of hydrogen-bond acceptors (Lipinski definition) is 3. The van der Waals surface area contributed by atoms with Gasteiger partial charge in [-0.25, -0.2) is 4.98 Å². The highest BCUT2D eigenvalue weighted by atomic mass is 79.9. The van der Waals surface area contributed by atoms with Crippen LogP contribution in [0.2, 0.25) is 0 Å². The molecule has 2 aromatic rings. The predicted octanol–water partition coefficient (Wildman–Crippen LogP) is 2.31. The molecule has 1 saturated carbocycles. The quantitative estimate of drug-likeness (QED) is 0.888. The van der Waals surface area contributed by atoms with E-state index in [1.165, 1.54) is 4.57 Å². The lowest BCUT2D eigenvalue weighted by atomic mass is 10.2. The topological polar surface area (TPSA) is 64.0 Å². The third-order valence-electron chi connectivity index (χ3n) is 3.62. The Morgan fingerprint density at radius 2 is 2.18 bits per heavy atom. The molecule has 1 N–H and O–H groups in total. The zero-order chi connectivity index (χ0) is 15.5. The van der Waals surface area contributed by atoms with E-state index in [2.05, 4.69) is 26.2 Å². The van der Waals surface area contributed by atoms with Crippen molar-refractivity contribution in [2.45, 2.75) is 25.3 Å². The van der Waals surface area contributed by atoms with Gasteiger partial charge in [-0.15, -0.1) is 0 Å². The van der Waals surface area contributed by atoms with Gasteiger partial charge in [-0.3, -0.25) is 14.2 Å². The number of hydrogen-bond donors (Lipinski definition) is 1. The van der Waals surface area contributed by atoms with E-state index in [1.807, 2.05) is 12.1 Å². The van der Waals surface area contributed by atoms with E-state index >= 15 is 0 Å². The number of carbonyl (C=O) groups excluding carboxylic acids is 1. The summed E-state index contributed by atoms with van der Waals surface area (Å²) < 4.78 is 2.38. The van der Waals surface area contributed by atoms with Crippen molar-refractivity contribution >= 4 is 21.8 Å². The first-order chi connectivity index (χ1) is 10.6. The molecule has 1 fully saturated rings. The van der Waals surface area contributed by atoms with E-state index in [4.69, 9.17) is 0 Å². The van der Waals surface area contributed by atoms with Gasteiger partial charge < -0.3 is 5.32 Å². The van der Waals surface area contributed by atoms with Crippen LogP contribution in [-0.2, 0) is 6.54 Å². The Morgan fingerprint density at radius 3 is 2.86 bits per heavy atom. The van der Waals surface area contributed by atoms with Crippen molar-refractivity contribution in [2.24, 2.45) is 0 Å². The van der Waals surface area contributed by atoms with E-state index < -0.39 is 0 Å². The first-order valence-corrected chi connectivity index (χ1v) is 8.03. The van der Waals surface area contributed by atoms with Gasteiger partial charge in [0, 0.05) is 35.1 Å². The maximum absolute atomic E-state index is 12.0. The molecular weight excluding hydrogens is 346 g/mol. The van der Waals surface area contributed by atoms with Gasteiger partial charge in [-0.2, -0.15) is 0 Å². The fourth-order valence-electron chi connectivity index (χ4n) is 2.23. The number of rotatable bonds is 5. The molecule has 1 aromatic heterocycles. The van der Waals surface area contributed by atoms with E-state index in [-0.39, 0.29) is 11.5 Å². The Kier molecular flexibility index (Phi) is 4.38. The van der Waals surface area contributed by atoms with Gasteiger partial charge in [0.2, 0.25) is 0 Å². The summed E-state index contributed by atoms with van der Waals surface area (Å²) >= 11 is 3.33. The molecule has 0 spiro atoms. The van der Waals surface area contributed by atoms with Gasteiger partial charge in [0.05, 0.1) is 12.0 Å². The van der Waals surface area contributed by atoms with Gasteiger partial charge >= 0.3 is 0 Å². The Morgan fingerprint density at radius 1 is 1.36 bits per heavy atom. The van der Waals surface area contributed by atoms with Gasteiger partial charge in [-0.05, 0) is 31.0 Å². The van der Waals surface area contributed by atoms with Crippen molar-refractivity contribution in [1.82, 2.24) is 14.9 Å². The smallest absolute Gasteiger partial charge is 0.253 e. The molecular formula is C16H16BrN3O2. The predicted molar refractivity (Wildman–Crippen MR) is 86.9 cm³/mol. The Balaban J connectivity index is 1.56. The fourth-order valence-corrected chi connectivity index (χ4v) is 2.63. The minimum atomic E-state index is -0.156. The van der Waals surface area contributed by atoms with Crippen LogP contribution in [0.25, 0.3) is 0 Å². The molecule has 1 aliphatic rings. The molecule has 0 aliphatic heterocycles. The van der Waals surface area contributed by atoms with Crippen LogP contribution in [-0.4, -0.2) is 22.0 Å². The van der Waals surface area contributed by atoms with Crippen molar-refractivity contribution in [3.63, 3.8) is 0 Å². The van der Waals surface area contributed by atoms with Crippen LogP contribution in [0.3, 0.4) is 0 Å². The lowest BCUT2D eigenvalue weighted by Gasteiger charge is -2.08. The summed E-state index contributed by atoms with van der Waals surface area (Å²) in [5.74, 6) is 0.315. The van der Waals surface area contributed by atoms with Crippen LogP contribution in [0.1, 0.15) is 34.8 Å². The molecule has 5 nitrogen and oxygen atoms in total. The number of benzene rings is 1. The molecule has 0 radical (unpaired) electrons. The lowest BCUT2D eigenvalue weighted by Crippen LogP contribution is -2.31. The number of halogens is 1. The number of aromatic nitrogens is 2. The maximum Gasteiger partial charge on any atom is 0.253 e. The van der Waals surface area contributed by atoms with Crippen molar-refractivity contribution in [3.8, 4) is 0 Å². The first kappa shape index (κ1) is 15.0. The number of carbonyl (C=O) groups is 1. The lowest BCUT2D eigenvalue weighted by molar-refractivity contribution is 0.0952. The van der Waals surface area contributed by atoms with E-state index in [0.29, 0.717) is 24.6 Å². The highest BCUT2D eigenvalue weighted by Gasteiger charge is 2.25. The summed E-state index contributed by atoms with van der Waals surface area (Å²) in [4.78, 5) is 28.3. The van der Waals surface area contributed by atoms with Crippen molar-refractivity contribution in [1.29, 1.82) is 0 Å². The Bertz CT molecular complexity index is 753. The monoisotopic (exact) mass is 361 g/mol. The molecule has 0 unspecified atom stereocenters. The molecule has 1 aromatic carbocycles. The van der Waals surface area contributed by atoms with Crippen molar-refractivity contribution in [3.05, 3.63) is 62.7 Å². The van der Waals surface area contributed by atoms with Crippen LogP contribution in [0, 0.1) is 0 Å². The number of amides is 1. The molecule has 6 heteroatoms. The molecule has 0 bridgehead atoms. The molecule has 3 rings (SSSR count). The second-order valence-electron chi connectivity index (χ2n) is 5.39. The van der Waals surface area contributed by atoms with Crippen LogP contribution >= 0.6 is 15.9 Å². The van der Waals surface area contributed by atoms with E-state index in [9.17, 15) is 9.59 Å². The minimum absolute atomic E-state index is 0.0615. The molecule has 1 aliphatic carbocycles. The second-order valence-corrected chi connectivity index (χ2v) is 6.30. The number of nitrogens with one attached hydrogen (secondary N) is 1. The van der Waals surface area contributed by atoms with Crippen molar-refractivity contribution < 1.29 is 4.79 Å². The average molecular weight is 362 g/mol. The summed E-state index contributed by atoms with van der Waals surface area (Å²) in [5.41, 5.74) is 1.41. The largest absolute Gasteiger partial charge is 0.350 e. The van der Waals surface area contributed by atoms with Gasteiger partial charge in [0.1, 0.15) is 0 Å². The van der Waals surface area contributed by atoms with Gasteiger partial charge in [0.25, 0.3) is 11.5 Å². The third-order valence-corrected chi connectivity index (χ3v) is 4.11. The summed E-state index contributed by atoms with van der Waals surface area (Å²) in [5, 5.41) is 2.80. The molecule has 1 amide bonds. The summed E-state index contributed by atoms with van der Waals surface area (Å²) in [6.07, 6.45) is 3.82. The Hall–Kier alpha value is -1.95. The summed E-state index contributed by atoms with van der Waals surface area (Å²) in [6, 6.07) is 8.78. The minimum Gasteiger partial charge on any atom is -0.350 e. The average Bonchev–Trinajstić information content (AvgIpc) is 3.33. The zero-order valence-electron chi connectivity index (χ0n) is 12.0. The number of nitrogens with zero attached hydrogens (tertiary/aromatic N) is 2. The maximum atomic E-state index is 12.0. The van der Waals surface area contributed by atoms with Gasteiger partial charge in [0.15, 0.2) is 0 Å². The molecule has 22 heavy (non-hydrogen) atoms. The fraction of sp³-hybridized carbons (Fsp3) is 0.312. The van der Waals surface area contributed by atoms with Crippen LogP contribution in [0.5, 0.6) is 0 Å². The van der Waals surface area contributed by atoms with Crippen LogP contribution in [0.15, 0.2) is 45.9 Å². The highest BCUT2D eigenvalue weighted by Crippen LogP contribution is 2.38. The van der Waals surface area contributed by atoms with Crippen LogP contribution < -0.4 is 10.9 Å². The molecule has 1 heterocycles. The Labute approximate surface area is 136 Å². The second kappa shape index (κ2) is 6.44. The summed E-state index contributed by atoms with van der Waals surface area (Å²) in [6.45, 7) is 0.798. The molecule has 114 valence electrons. The standard InChI is InChI=1S/C16H16BrN3O2/c17-13-3-1-2-12(8-13)16(22)18-6-7-20-10-19-14(9-15(20)21)11-4-5-11/h1-3,8-11H,4-7H2,(H,18,22). The zero-order valence-corrected chi connectivity index (χ0v) is 13.5. The van der Waals surface area contributed by atoms with Gasteiger partial charge in [-0.1, -0.05) is 22.0 Å². The summed E-state index contributed by atoms with van der Waals surface area (Å²) in [7, 11) is 0.